The van der Waals surface area contributed by atoms with Crippen molar-refractivity contribution in [1.29, 1.82) is 0 Å². The van der Waals surface area contributed by atoms with Crippen LogP contribution in [0.1, 0.15) is 177 Å². The number of nitrogens with zero attached hydrogens (tertiary/aromatic N) is 17. The average molecular weight is 1910 g/mol. The summed E-state index contributed by atoms with van der Waals surface area (Å²) in [7, 11) is 6.08. The Bertz CT molecular complexity index is 7520. The Labute approximate surface area is 796 Å². The minimum atomic E-state index is -2.82. The summed E-state index contributed by atoms with van der Waals surface area (Å²) in [6.45, 7) is 8.90. The summed E-state index contributed by atoms with van der Waals surface area (Å²) < 4.78 is 102. The number of fused-ring (bicyclic) bond motifs is 4. The molecule has 7 saturated carbocycles. The third kappa shape index (κ3) is 18.6. The maximum atomic E-state index is 15.1. The first kappa shape index (κ1) is 91.9. The fraction of sp³-hybridized carbons (Fsp3) is 0.337. The van der Waals surface area contributed by atoms with Gasteiger partial charge in [0, 0.05) is 148 Å². The van der Waals surface area contributed by atoms with E-state index >= 15 is 8.78 Å². The number of likely N-dealkylation sites (N-methyl/N-ethyl adjacent to an activating group) is 2. The molecule has 42 heteroatoms. The molecule has 140 heavy (non-hydrogen) atoms. The summed E-state index contributed by atoms with van der Waals surface area (Å²) in [5, 5.41) is 39.3. The van der Waals surface area contributed by atoms with Gasteiger partial charge in [0.05, 0.1) is 73.2 Å². The number of benzene rings is 4. The lowest BCUT2D eigenvalue weighted by molar-refractivity contribution is 0.143. The van der Waals surface area contributed by atoms with Crippen LogP contribution < -0.4 is 65.5 Å². The largest absolute Gasteiger partial charge is 0.383 e. The zero-order valence-electron chi connectivity index (χ0n) is 76.4. The number of hydrogen-bond donors (Lipinski definition) is 12. The third-order valence-electron chi connectivity index (χ3n) is 27.2. The van der Waals surface area contributed by atoms with Crippen molar-refractivity contribution in [1.82, 2.24) is 83.6 Å². The second-order valence-electron chi connectivity index (χ2n) is 38.3. The molecular formula is C98H102F5N29O8. The number of anilines is 12. The second kappa shape index (κ2) is 35.9. The molecule has 37 nitrogen and oxygen atoms in total. The van der Waals surface area contributed by atoms with Gasteiger partial charge in [0.25, 0.3) is 6.43 Å². The Morgan fingerprint density at radius 1 is 0.407 bits per heavy atom. The molecule has 0 atom stereocenters. The molecule has 4 aromatic carbocycles. The summed E-state index contributed by atoms with van der Waals surface area (Å²) in [5.41, 5.74) is 36.2. The molecule has 8 fully saturated rings. The van der Waals surface area contributed by atoms with Gasteiger partial charge in [-0.1, -0.05) is 73.1 Å². The summed E-state index contributed by atoms with van der Waals surface area (Å²) in [4.78, 5) is 83.9. The lowest BCUT2D eigenvalue weighted by Crippen LogP contribution is -2.44. The first-order chi connectivity index (χ1) is 66.9. The number of aromatic nitrogens is 15. The van der Waals surface area contributed by atoms with Crippen molar-refractivity contribution in [2.75, 3.05) is 106 Å². The lowest BCUT2D eigenvalue weighted by Gasteiger charge is -2.37. The highest BCUT2D eigenvalue weighted by molar-refractivity contribution is 6.07. The monoisotopic (exact) mass is 1910 g/mol. The first-order valence-corrected chi connectivity index (χ1v) is 45.8. The number of halogens is 5. The highest BCUT2D eigenvalue weighted by Gasteiger charge is 2.48. The van der Waals surface area contributed by atoms with Crippen molar-refractivity contribution in [3.05, 3.63) is 199 Å². The van der Waals surface area contributed by atoms with E-state index in [9.17, 15) is 32.3 Å². The van der Waals surface area contributed by atoms with E-state index in [1.807, 2.05) is 49.5 Å². The van der Waals surface area contributed by atoms with Crippen LogP contribution in [0.2, 0.25) is 0 Å². The quantitative estimate of drug-likeness (QED) is 0.0265. The molecule has 16 aromatic rings. The molecule has 1 aliphatic heterocycles. The molecule has 8 aliphatic rings. The van der Waals surface area contributed by atoms with Gasteiger partial charge in [0.15, 0.2) is 0 Å². The van der Waals surface area contributed by atoms with E-state index in [0.717, 1.165) is 171 Å². The van der Waals surface area contributed by atoms with Gasteiger partial charge in [-0.3, -0.25) is 21.3 Å². The minimum Gasteiger partial charge on any atom is -0.383 e. The van der Waals surface area contributed by atoms with Crippen LogP contribution in [0, 0.1) is 17.5 Å². The second-order valence-corrected chi connectivity index (χ2v) is 38.3. The smallest absolute Gasteiger partial charge is 0.326 e. The number of nitrogens with two attached hydrogens (primary N) is 4. The van der Waals surface area contributed by atoms with E-state index in [1.165, 1.54) is 67.5 Å². The molecule has 1 saturated heterocycles. The highest BCUT2D eigenvalue weighted by atomic mass is 19.3. The van der Waals surface area contributed by atoms with Crippen molar-refractivity contribution in [3.8, 4) is 44.5 Å². The van der Waals surface area contributed by atoms with Crippen LogP contribution in [0.25, 0.3) is 88.5 Å². The molecule has 12 aromatic heterocycles. The molecule has 0 radical (unpaired) electrons. The standard InChI is InChI=1S/C25H27FN8O2.C24H23F2N7O2.C24H25FN8O2.C24H23FN6O2.CH4/c1-33(2)12-25(7-8-25)19-10-20(36-32-19)31-24(35)30-18-6-3-14(9-17(18)26)16-11-34(15-4-5-15)23-21(16)22(27)28-13-29-23;1-24(6-7-24)17-9-18(35-32-17)31-23(34)30-16-5-2-12(8-14(16)20(25)26)15-10-33(13-3-4-13)22-19(15)21(27)28-11-29-22;1-24(5-6-24)18-8-19(35-31-18)30-23(34)29-17-4-3-13(7-16(17)25)15-11-33(14-9-32(2)10-14)22-20(15)21(26)27-12-28-22;1-24(7-8-24)19-11-20(33-30-19)29-23(32)28-17-5-2-13(10-16(17)25)15-12-31(14-3-4-14)18-6-9-27-22(26)21(15)18;/h3,6,9-11,13,15H,4-5,7-8,12H2,1-2H3,(H2,27,28,29)(H2,30,31,35);2,5,8-11,13,20H,3-4,6-7H2,1H3,(H2,27,28,29)(H2,30,31,34);3-4,7-8,11-12,14H,5-6,9-10H2,1-2H3,(H2,26,27,28)(H2,29,30,34);2,5-6,9-12,14H,3-4,7-8H2,1H3,(H2,26,27)(H2,28,29,32);1H4. The van der Waals surface area contributed by atoms with Crippen LogP contribution in [-0.4, -0.2) is 148 Å². The van der Waals surface area contributed by atoms with E-state index in [-0.39, 0.29) is 92.8 Å². The SMILES string of the molecule is C.CC1(c2cc(NC(=O)Nc3ccc(-c4cn(C5CC5)c5ccnc(N)c45)cc3F)on2)CC1.CC1(c2cc(NC(=O)Nc3ccc(-c4cn(C5CC5)c5ncnc(N)c45)cc3C(F)F)on2)CC1.CN(C)CC1(c2cc(NC(=O)Nc3ccc(-c4cn(C5CC5)c5ncnc(N)c45)cc3F)on2)CC1.CN1CC(n2cc(-c3ccc(NC(=O)Nc4cc(C5(C)CC5)no4)c(F)c3)c3c(N)ncnc32)C1. The Kier molecular flexibility index (Phi) is 23.6. The average Bonchev–Trinajstić information content (AvgIpc) is 1.61. The number of hydrogen-bond acceptors (Lipinski definition) is 25. The molecule has 0 bridgehead atoms. The number of pyridine rings is 1. The number of nitrogens with one attached hydrogen (secondary N) is 8. The van der Waals surface area contributed by atoms with Crippen LogP contribution in [0.5, 0.6) is 0 Å². The van der Waals surface area contributed by atoms with Gasteiger partial charge in [-0.05, 0) is 188 Å². The van der Waals surface area contributed by atoms with Gasteiger partial charge in [-0.2, -0.15) is 0 Å². The minimum absolute atomic E-state index is 0. The maximum Gasteiger partial charge on any atom is 0.326 e. The summed E-state index contributed by atoms with van der Waals surface area (Å²) in [6, 6.07) is 26.0. The van der Waals surface area contributed by atoms with Gasteiger partial charge in [-0.25, -0.2) is 76.0 Å². The van der Waals surface area contributed by atoms with Crippen LogP contribution in [0.15, 0.2) is 171 Å². The molecule has 0 unspecified atom stereocenters. The predicted octanol–water partition coefficient (Wildman–Crippen LogP) is 20.1. The number of urea groups is 4. The molecule has 7 aliphatic carbocycles. The van der Waals surface area contributed by atoms with Crippen molar-refractivity contribution >= 4 is 138 Å². The number of alkyl halides is 2. The third-order valence-corrected chi connectivity index (χ3v) is 27.2. The van der Waals surface area contributed by atoms with Crippen molar-refractivity contribution < 1.29 is 59.2 Å². The Balaban J connectivity index is 0.000000114. The van der Waals surface area contributed by atoms with Crippen molar-refractivity contribution in [3.63, 3.8) is 0 Å². The van der Waals surface area contributed by atoms with Gasteiger partial charge in [0.1, 0.15) is 76.6 Å². The van der Waals surface area contributed by atoms with Crippen molar-refractivity contribution in [2.45, 2.75) is 170 Å². The van der Waals surface area contributed by atoms with Crippen molar-refractivity contribution in [2.24, 2.45) is 0 Å². The fourth-order valence-electron chi connectivity index (χ4n) is 17.9. The topological polar surface area (TPSA) is 489 Å². The predicted molar refractivity (Wildman–Crippen MR) is 520 cm³/mol. The number of likely N-dealkylation sites (tertiary alicyclic amines) is 1. The van der Waals surface area contributed by atoms with E-state index in [1.54, 1.807) is 54.7 Å². The molecule has 8 amide bonds. The number of rotatable bonds is 23. The van der Waals surface area contributed by atoms with Gasteiger partial charge in [0.2, 0.25) is 23.5 Å². The normalized spacial score (nSPS) is 16.6. The van der Waals surface area contributed by atoms with Crippen LogP contribution in [-0.2, 0) is 21.7 Å². The first-order valence-electron chi connectivity index (χ1n) is 45.8. The van der Waals surface area contributed by atoms with Gasteiger partial charge < -0.3 is 90.4 Å². The molecule has 16 N–H and O–H groups in total. The molecule has 13 heterocycles. The molecule has 0 spiro atoms. The fourth-order valence-corrected chi connectivity index (χ4v) is 17.9. The lowest BCUT2D eigenvalue weighted by atomic mass is 10.0. The molecule has 722 valence electrons. The zero-order chi connectivity index (χ0) is 96.4. The van der Waals surface area contributed by atoms with E-state index in [4.69, 9.17) is 41.0 Å². The summed E-state index contributed by atoms with van der Waals surface area (Å²) >= 11 is 0. The van der Waals surface area contributed by atoms with Gasteiger partial charge >= 0.3 is 24.1 Å². The maximum absolute atomic E-state index is 15.1. The Morgan fingerprint density at radius 2 is 0.729 bits per heavy atom. The zero-order valence-corrected chi connectivity index (χ0v) is 76.4. The van der Waals surface area contributed by atoms with Crippen LogP contribution >= 0.6 is 0 Å². The van der Waals surface area contributed by atoms with Crippen LogP contribution in [0.4, 0.5) is 111 Å². The number of carbonyl (C=O) groups excluding carboxylic acids is 4. The Hall–Kier alpha value is -15.9. The van der Waals surface area contributed by atoms with E-state index < -0.39 is 48.0 Å². The number of amides is 8. The molecule has 24 rings (SSSR count). The summed E-state index contributed by atoms with van der Waals surface area (Å²) in [6.07, 6.45) is 25.6. The number of nitrogen functional groups attached to an aromatic ring is 4. The van der Waals surface area contributed by atoms with Gasteiger partial charge in [-0.15, -0.1) is 0 Å². The van der Waals surface area contributed by atoms with E-state index in [0.29, 0.717) is 85.2 Å². The molecular weight excluding hydrogens is 1810 g/mol. The van der Waals surface area contributed by atoms with E-state index in [2.05, 4.69) is 149 Å². The van der Waals surface area contributed by atoms with Crippen LogP contribution in [0.3, 0.4) is 0 Å². The highest BCUT2D eigenvalue weighted by Crippen LogP contribution is 2.53. The summed E-state index contributed by atoms with van der Waals surface area (Å²) in [5.74, 6) is 0.486. The number of carbonyl (C=O) groups is 4. The Morgan fingerprint density at radius 3 is 1.07 bits per heavy atom.